The third kappa shape index (κ3) is 5.01. The summed E-state index contributed by atoms with van der Waals surface area (Å²) in [5.74, 6) is 0.667. The number of benzene rings is 2. The number of ether oxygens (including phenoxy) is 1. The highest BCUT2D eigenvalue weighted by Crippen LogP contribution is 2.28. The lowest BCUT2D eigenvalue weighted by molar-refractivity contribution is 0.0941. The number of carbonyl (C=O) groups is 1. The Bertz CT molecular complexity index is 1320. The highest BCUT2D eigenvalue weighted by molar-refractivity contribution is 6.00. The molecule has 2 heterocycles. The van der Waals surface area contributed by atoms with Crippen molar-refractivity contribution in [3.63, 3.8) is 0 Å². The molecule has 4 aromatic rings. The molecule has 0 aliphatic rings. The number of hydrogen-bond acceptors (Lipinski definition) is 4. The van der Waals surface area contributed by atoms with Crippen molar-refractivity contribution >= 4 is 11.6 Å². The fraction of sp³-hybridized carbons (Fsp3) is 0.296. The first kappa shape index (κ1) is 24.3. The predicted octanol–water partition coefficient (Wildman–Crippen LogP) is 6.35. The number of hydrogen-bond donors (Lipinski definition) is 1. The Hall–Kier alpha value is -3.81. The zero-order chi connectivity index (χ0) is 25.1. The molecule has 1 amide bonds. The first-order valence-electron chi connectivity index (χ1n) is 11.5. The Balaban J connectivity index is 1.65. The highest BCUT2D eigenvalue weighted by Gasteiger charge is 2.22. The number of nitrogens with zero attached hydrogens (tertiary/aromatic N) is 3. The summed E-state index contributed by atoms with van der Waals surface area (Å²) in [6.45, 7) is 6.19. The maximum absolute atomic E-state index is 13.9. The summed E-state index contributed by atoms with van der Waals surface area (Å²) >= 11 is 0. The summed E-state index contributed by atoms with van der Waals surface area (Å²) in [6, 6.07) is 16.0. The molecule has 0 aliphatic heterocycles. The molecule has 35 heavy (non-hydrogen) atoms. The van der Waals surface area contributed by atoms with Crippen LogP contribution in [0.25, 0.3) is 16.9 Å². The van der Waals surface area contributed by atoms with E-state index < -0.39 is 12.3 Å². The van der Waals surface area contributed by atoms with Crippen molar-refractivity contribution in [2.24, 2.45) is 0 Å². The molecule has 182 valence electrons. The summed E-state index contributed by atoms with van der Waals surface area (Å²) < 4.78 is 33.9. The van der Waals surface area contributed by atoms with E-state index in [4.69, 9.17) is 4.74 Å². The van der Waals surface area contributed by atoms with E-state index in [1.54, 1.807) is 31.4 Å². The molecule has 2 aromatic carbocycles. The number of alkyl halides is 2. The Labute approximate surface area is 203 Å². The molecule has 8 heteroatoms. The number of rotatable bonds is 8. The second-order valence-electron chi connectivity index (χ2n) is 8.56. The van der Waals surface area contributed by atoms with Crippen molar-refractivity contribution in [1.29, 1.82) is 0 Å². The van der Waals surface area contributed by atoms with Crippen LogP contribution in [0.4, 0.5) is 8.78 Å². The van der Waals surface area contributed by atoms with Gasteiger partial charge in [0.2, 0.25) is 0 Å². The molecule has 0 bridgehead atoms. The zero-order valence-corrected chi connectivity index (χ0v) is 20.1. The van der Waals surface area contributed by atoms with Crippen molar-refractivity contribution in [3.05, 3.63) is 83.2 Å². The molecule has 0 aliphatic carbocycles. The SMILES string of the molecule is CC[C@H](C)c1ccc([C@@H](C)NC(=O)c2cnn3c(C(F)F)cc(-c4ccc(OC)cc4)nc23)cc1. The molecule has 0 radical (unpaired) electrons. The monoisotopic (exact) mass is 478 g/mol. The standard InChI is InChI=1S/C27H28F2N4O2/c1-5-16(2)18-6-8-19(9-7-18)17(3)31-27(34)22-15-30-33-24(25(28)29)14-23(32-26(22)33)20-10-12-21(35-4)13-11-20/h6-17,25H,5H2,1-4H3,(H,31,34)/t16-,17+/m0/s1. The molecule has 0 saturated carbocycles. The largest absolute Gasteiger partial charge is 0.497 e. The lowest BCUT2D eigenvalue weighted by Gasteiger charge is -2.16. The van der Waals surface area contributed by atoms with Gasteiger partial charge in [-0.05, 0) is 60.7 Å². The highest BCUT2D eigenvalue weighted by atomic mass is 19.3. The van der Waals surface area contributed by atoms with E-state index in [1.165, 1.54) is 17.8 Å². The Morgan fingerprint density at radius 3 is 2.31 bits per heavy atom. The van der Waals surface area contributed by atoms with Crippen molar-refractivity contribution in [1.82, 2.24) is 19.9 Å². The van der Waals surface area contributed by atoms with Gasteiger partial charge in [0.25, 0.3) is 12.3 Å². The van der Waals surface area contributed by atoms with E-state index >= 15 is 0 Å². The van der Waals surface area contributed by atoms with Crippen LogP contribution in [0.2, 0.25) is 0 Å². The van der Waals surface area contributed by atoms with Gasteiger partial charge in [0.05, 0.1) is 25.0 Å². The summed E-state index contributed by atoms with van der Waals surface area (Å²) in [7, 11) is 1.55. The lowest BCUT2D eigenvalue weighted by atomic mass is 9.96. The minimum absolute atomic E-state index is 0.0745. The van der Waals surface area contributed by atoms with Crippen molar-refractivity contribution in [2.45, 2.75) is 45.6 Å². The molecule has 2 atom stereocenters. The second-order valence-corrected chi connectivity index (χ2v) is 8.56. The number of halogens is 2. The van der Waals surface area contributed by atoms with Gasteiger partial charge in [-0.25, -0.2) is 18.3 Å². The summed E-state index contributed by atoms with van der Waals surface area (Å²) in [4.78, 5) is 17.6. The average Bonchev–Trinajstić information content (AvgIpc) is 3.31. The van der Waals surface area contributed by atoms with Crippen LogP contribution in [0.1, 0.15) is 72.8 Å². The first-order valence-corrected chi connectivity index (χ1v) is 11.5. The van der Waals surface area contributed by atoms with E-state index in [0.717, 1.165) is 16.5 Å². The van der Waals surface area contributed by atoms with Gasteiger partial charge in [-0.3, -0.25) is 4.79 Å². The third-order valence-electron chi connectivity index (χ3n) is 6.32. The van der Waals surface area contributed by atoms with Crippen LogP contribution in [0.5, 0.6) is 5.75 Å². The van der Waals surface area contributed by atoms with Crippen molar-refractivity contribution in [2.75, 3.05) is 7.11 Å². The van der Waals surface area contributed by atoms with Crippen LogP contribution >= 0.6 is 0 Å². The van der Waals surface area contributed by atoms with Crippen LogP contribution in [0.3, 0.4) is 0 Å². The van der Waals surface area contributed by atoms with Crippen molar-refractivity contribution < 1.29 is 18.3 Å². The van der Waals surface area contributed by atoms with Gasteiger partial charge >= 0.3 is 0 Å². The molecule has 6 nitrogen and oxygen atoms in total. The average molecular weight is 479 g/mol. The van der Waals surface area contributed by atoms with Gasteiger partial charge in [0.1, 0.15) is 17.0 Å². The number of methoxy groups -OCH3 is 1. The van der Waals surface area contributed by atoms with Gasteiger partial charge in [-0.15, -0.1) is 0 Å². The number of fused-ring (bicyclic) bond motifs is 1. The van der Waals surface area contributed by atoms with Crippen LogP contribution in [0, 0.1) is 0 Å². The number of carbonyl (C=O) groups excluding carboxylic acids is 1. The lowest BCUT2D eigenvalue weighted by Crippen LogP contribution is -2.26. The topological polar surface area (TPSA) is 68.5 Å². The number of aromatic nitrogens is 3. The summed E-state index contributed by atoms with van der Waals surface area (Å²) in [5.41, 5.74) is 3.00. The summed E-state index contributed by atoms with van der Waals surface area (Å²) in [5, 5.41) is 6.98. The number of amides is 1. The molecule has 0 fully saturated rings. The van der Waals surface area contributed by atoms with Crippen LogP contribution in [-0.4, -0.2) is 27.6 Å². The predicted molar refractivity (Wildman–Crippen MR) is 131 cm³/mol. The van der Waals surface area contributed by atoms with Gasteiger partial charge in [-0.2, -0.15) is 5.10 Å². The van der Waals surface area contributed by atoms with Crippen LogP contribution in [0.15, 0.2) is 60.8 Å². The molecule has 2 aromatic heterocycles. The fourth-order valence-electron chi connectivity index (χ4n) is 3.92. The molecule has 4 rings (SSSR count). The Morgan fingerprint density at radius 2 is 1.71 bits per heavy atom. The molecule has 1 N–H and O–H groups in total. The quantitative estimate of drug-likeness (QED) is 0.321. The van der Waals surface area contributed by atoms with E-state index in [1.807, 2.05) is 19.1 Å². The van der Waals surface area contributed by atoms with Crippen LogP contribution in [-0.2, 0) is 0 Å². The Kier molecular flexibility index (Phi) is 7.10. The van der Waals surface area contributed by atoms with E-state index in [9.17, 15) is 13.6 Å². The molecular formula is C27H28F2N4O2. The minimum atomic E-state index is -2.80. The summed E-state index contributed by atoms with van der Waals surface area (Å²) in [6.07, 6.45) is -0.469. The fourth-order valence-corrected chi connectivity index (χ4v) is 3.92. The molecule has 0 spiro atoms. The Morgan fingerprint density at radius 1 is 1.06 bits per heavy atom. The van der Waals surface area contributed by atoms with Gasteiger partial charge in [-0.1, -0.05) is 38.1 Å². The number of nitrogens with one attached hydrogen (secondary N) is 1. The second kappa shape index (κ2) is 10.2. The normalized spacial score (nSPS) is 13.1. The maximum atomic E-state index is 13.9. The molecular weight excluding hydrogens is 450 g/mol. The van der Waals surface area contributed by atoms with Gasteiger partial charge in [0, 0.05) is 5.56 Å². The zero-order valence-electron chi connectivity index (χ0n) is 20.1. The maximum Gasteiger partial charge on any atom is 0.280 e. The molecule has 0 saturated heterocycles. The third-order valence-corrected chi connectivity index (χ3v) is 6.32. The minimum Gasteiger partial charge on any atom is -0.497 e. The first-order chi connectivity index (χ1) is 16.8. The van der Waals surface area contributed by atoms with E-state index in [0.29, 0.717) is 22.9 Å². The van der Waals surface area contributed by atoms with Crippen molar-refractivity contribution in [3.8, 4) is 17.0 Å². The van der Waals surface area contributed by atoms with E-state index in [2.05, 4.69) is 41.4 Å². The van der Waals surface area contributed by atoms with Gasteiger partial charge in [0.15, 0.2) is 5.65 Å². The smallest absolute Gasteiger partial charge is 0.280 e. The van der Waals surface area contributed by atoms with Gasteiger partial charge < -0.3 is 10.1 Å². The van der Waals surface area contributed by atoms with E-state index in [-0.39, 0.29) is 22.9 Å². The van der Waals surface area contributed by atoms with Crippen LogP contribution < -0.4 is 10.1 Å². The molecule has 0 unspecified atom stereocenters.